The van der Waals surface area contributed by atoms with Crippen molar-refractivity contribution in [2.24, 2.45) is 5.92 Å². The average Bonchev–Trinajstić information content (AvgIpc) is 3.02. The van der Waals surface area contributed by atoms with Gasteiger partial charge in [-0.05, 0) is 50.0 Å². The highest BCUT2D eigenvalue weighted by Crippen LogP contribution is 2.28. The van der Waals surface area contributed by atoms with E-state index in [9.17, 15) is 4.79 Å². The zero-order chi connectivity index (χ0) is 13.8. The maximum atomic E-state index is 11.6. The normalized spacial score (nSPS) is 21.7. The number of nitrogens with one attached hydrogen (secondary N) is 1. The summed E-state index contributed by atoms with van der Waals surface area (Å²) in [5.74, 6) is 1.43. The molecule has 0 aromatic heterocycles. The fraction of sp³-hybridized carbons (Fsp3) is 0.438. The lowest BCUT2D eigenvalue weighted by molar-refractivity contribution is -0.116. The van der Waals surface area contributed by atoms with Gasteiger partial charge in [-0.15, -0.1) is 0 Å². The van der Waals surface area contributed by atoms with Gasteiger partial charge in [0.2, 0.25) is 5.91 Å². The number of ether oxygens (including phenoxy) is 1. The van der Waals surface area contributed by atoms with Crippen LogP contribution in [0.3, 0.4) is 0 Å². The van der Waals surface area contributed by atoms with Gasteiger partial charge in [-0.2, -0.15) is 0 Å². The highest BCUT2D eigenvalue weighted by atomic mass is 16.5. The molecule has 102 valence electrons. The second kappa shape index (κ2) is 5.91. The van der Waals surface area contributed by atoms with Gasteiger partial charge < -0.3 is 10.1 Å². The molecule has 3 heteroatoms. The lowest BCUT2D eigenvalue weighted by atomic mass is 10.2. The molecule has 0 radical (unpaired) electrons. The summed E-state index contributed by atoms with van der Waals surface area (Å²) in [6, 6.07) is 8.11. The van der Waals surface area contributed by atoms with Crippen LogP contribution in [0.15, 0.2) is 30.3 Å². The summed E-state index contributed by atoms with van der Waals surface area (Å²) in [5.41, 5.74) is 0.970. The van der Waals surface area contributed by atoms with Gasteiger partial charge in [0.15, 0.2) is 0 Å². The molecule has 3 nitrogen and oxygen atoms in total. The Morgan fingerprint density at radius 1 is 1.47 bits per heavy atom. The predicted octanol–water partition coefficient (Wildman–Crippen LogP) is 3.01. The summed E-state index contributed by atoms with van der Waals surface area (Å²) in [5, 5.41) is 2.96. The molecule has 1 amide bonds. The van der Waals surface area contributed by atoms with E-state index in [1.165, 1.54) is 0 Å². The van der Waals surface area contributed by atoms with Crippen molar-refractivity contribution in [1.82, 2.24) is 5.32 Å². The summed E-state index contributed by atoms with van der Waals surface area (Å²) in [6.07, 6.45) is 4.64. The molecule has 2 unspecified atom stereocenters. The van der Waals surface area contributed by atoms with E-state index in [2.05, 4.69) is 12.2 Å². The third-order valence-electron chi connectivity index (χ3n) is 3.09. The maximum Gasteiger partial charge on any atom is 0.244 e. The molecule has 19 heavy (non-hydrogen) atoms. The minimum Gasteiger partial charge on any atom is -0.491 e. The minimum absolute atomic E-state index is 0.0236. The van der Waals surface area contributed by atoms with Gasteiger partial charge in [-0.25, -0.2) is 0 Å². The third kappa shape index (κ3) is 4.43. The molecule has 0 spiro atoms. The van der Waals surface area contributed by atoms with Gasteiger partial charge in [-0.1, -0.05) is 19.1 Å². The van der Waals surface area contributed by atoms with Crippen molar-refractivity contribution in [3.05, 3.63) is 35.9 Å². The van der Waals surface area contributed by atoms with E-state index in [-0.39, 0.29) is 12.0 Å². The Balaban J connectivity index is 1.92. The SMILES string of the molecule is CC(C)Oc1cccc(C=CC(=O)NC2CC2C)c1. The summed E-state index contributed by atoms with van der Waals surface area (Å²) >= 11 is 0. The first-order valence-corrected chi connectivity index (χ1v) is 6.80. The largest absolute Gasteiger partial charge is 0.491 e. The Labute approximate surface area is 114 Å². The van der Waals surface area contributed by atoms with E-state index in [0.29, 0.717) is 12.0 Å². The van der Waals surface area contributed by atoms with Crippen LogP contribution in [0.5, 0.6) is 5.75 Å². The Morgan fingerprint density at radius 2 is 2.21 bits per heavy atom. The van der Waals surface area contributed by atoms with Crippen molar-refractivity contribution in [2.75, 3.05) is 0 Å². The van der Waals surface area contributed by atoms with Crippen LogP contribution in [0, 0.1) is 5.92 Å². The fourth-order valence-electron chi connectivity index (χ4n) is 1.89. The van der Waals surface area contributed by atoms with Crippen LogP contribution in [0.2, 0.25) is 0 Å². The number of benzene rings is 1. The van der Waals surface area contributed by atoms with Crippen LogP contribution in [0.1, 0.15) is 32.8 Å². The molecule has 0 saturated heterocycles. The van der Waals surface area contributed by atoms with Crippen LogP contribution in [0.4, 0.5) is 0 Å². The van der Waals surface area contributed by atoms with Crippen molar-refractivity contribution >= 4 is 12.0 Å². The zero-order valence-electron chi connectivity index (χ0n) is 11.7. The van der Waals surface area contributed by atoms with E-state index in [1.54, 1.807) is 6.08 Å². The lowest BCUT2D eigenvalue weighted by Crippen LogP contribution is -2.24. The van der Waals surface area contributed by atoms with Crippen molar-refractivity contribution in [3.63, 3.8) is 0 Å². The fourth-order valence-corrected chi connectivity index (χ4v) is 1.89. The monoisotopic (exact) mass is 259 g/mol. The summed E-state index contributed by atoms with van der Waals surface area (Å²) in [7, 11) is 0. The first-order chi connectivity index (χ1) is 9.04. The molecule has 0 heterocycles. The number of carbonyl (C=O) groups is 1. The van der Waals surface area contributed by atoms with Crippen LogP contribution < -0.4 is 10.1 Å². The molecule has 1 N–H and O–H groups in total. The standard InChI is InChI=1S/C16H21NO2/c1-11(2)19-14-6-4-5-13(10-14)7-8-16(18)17-15-9-12(15)3/h4-8,10-12,15H,9H2,1-3H3,(H,17,18). The third-order valence-corrected chi connectivity index (χ3v) is 3.09. The Bertz CT molecular complexity index is 479. The molecular weight excluding hydrogens is 238 g/mol. The topological polar surface area (TPSA) is 38.3 Å². The van der Waals surface area contributed by atoms with Crippen LogP contribution in [-0.4, -0.2) is 18.1 Å². The molecule has 0 aliphatic heterocycles. The van der Waals surface area contributed by atoms with Crippen LogP contribution >= 0.6 is 0 Å². The summed E-state index contributed by atoms with van der Waals surface area (Å²) in [4.78, 5) is 11.6. The maximum absolute atomic E-state index is 11.6. The van der Waals surface area contributed by atoms with Crippen molar-refractivity contribution < 1.29 is 9.53 Å². The zero-order valence-corrected chi connectivity index (χ0v) is 11.7. The van der Waals surface area contributed by atoms with E-state index < -0.39 is 0 Å². The number of hydrogen-bond donors (Lipinski definition) is 1. The second-order valence-electron chi connectivity index (χ2n) is 5.40. The van der Waals surface area contributed by atoms with Gasteiger partial charge in [-0.3, -0.25) is 4.79 Å². The van der Waals surface area contributed by atoms with Gasteiger partial charge in [0.1, 0.15) is 5.75 Å². The Hall–Kier alpha value is -1.77. The van der Waals surface area contributed by atoms with Crippen molar-refractivity contribution in [2.45, 2.75) is 39.3 Å². The minimum atomic E-state index is -0.0236. The number of carbonyl (C=O) groups excluding carboxylic acids is 1. The van der Waals surface area contributed by atoms with Crippen LogP contribution in [0.25, 0.3) is 6.08 Å². The lowest BCUT2D eigenvalue weighted by Gasteiger charge is -2.09. The van der Waals surface area contributed by atoms with E-state index in [4.69, 9.17) is 4.74 Å². The first-order valence-electron chi connectivity index (χ1n) is 6.80. The first kappa shape index (κ1) is 13.7. The highest BCUT2D eigenvalue weighted by molar-refractivity contribution is 5.92. The molecule has 1 fully saturated rings. The van der Waals surface area contributed by atoms with Gasteiger partial charge in [0.25, 0.3) is 0 Å². The second-order valence-corrected chi connectivity index (χ2v) is 5.40. The molecular formula is C16H21NO2. The highest BCUT2D eigenvalue weighted by Gasteiger charge is 2.33. The summed E-state index contributed by atoms with van der Waals surface area (Å²) < 4.78 is 5.62. The van der Waals surface area contributed by atoms with Gasteiger partial charge in [0, 0.05) is 12.1 Å². The summed E-state index contributed by atoms with van der Waals surface area (Å²) in [6.45, 7) is 6.13. The predicted molar refractivity (Wildman–Crippen MR) is 77.0 cm³/mol. The smallest absolute Gasteiger partial charge is 0.244 e. The molecule has 0 bridgehead atoms. The number of hydrogen-bond acceptors (Lipinski definition) is 2. The van der Waals surface area contributed by atoms with Crippen molar-refractivity contribution in [3.8, 4) is 5.75 Å². The van der Waals surface area contributed by atoms with E-state index in [0.717, 1.165) is 17.7 Å². The Morgan fingerprint density at radius 3 is 2.84 bits per heavy atom. The quantitative estimate of drug-likeness (QED) is 0.825. The van der Waals surface area contributed by atoms with Crippen LogP contribution in [-0.2, 0) is 4.79 Å². The van der Waals surface area contributed by atoms with E-state index >= 15 is 0 Å². The van der Waals surface area contributed by atoms with Gasteiger partial charge >= 0.3 is 0 Å². The molecule has 1 aromatic rings. The number of amides is 1. The molecule has 1 aromatic carbocycles. The van der Waals surface area contributed by atoms with E-state index in [1.807, 2.05) is 44.2 Å². The van der Waals surface area contributed by atoms with Gasteiger partial charge in [0.05, 0.1) is 6.10 Å². The molecule has 1 aliphatic carbocycles. The Kier molecular flexibility index (Phi) is 4.25. The number of rotatable bonds is 5. The molecule has 2 rings (SSSR count). The molecule has 1 saturated carbocycles. The average molecular weight is 259 g/mol. The molecule has 2 atom stereocenters. The molecule has 1 aliphatic rings. The van der Waals surface area contributed by atoms with Crippen molar-refractivity contribution in [1.29, 1.82) is 0 Å².